The third-order valence-corrected chi connectivity index (χ3v) is 11.4. The molecule has 0 saturated carbocycles. The van der Waals surface area contributed by atoms with E-state index < -0.39 is 47.3 Å². The zero-order chi connectivity index (χ0) is 50.2. The van der Waals surface area contributed by atoms with E-state index in [-0.39, 0.29) is 68.0 Å². The monoisotopic (exact) mass is 1040 g/mol. The molecule has 0 saturated heterocycles. The van der Waals surface area contributed by atoms with E-state index in [2.05, 4.69) is 41.7 Å². The highest BCUT2D eigenvalue weighted by Crippen LogP contribution is 2.33. The molecule has 4 amide bonds. The number of carbonyl (C=O) groups excluding carboxylic acids is 6. The summed E-state index contributed by atoms with van der Waals surface area (Å²) in [4.78, 5) is 79.2. The van der Waals surface area contributed by atoms with Crippen molar-refractivity contribution in [3.63, 3.8) is 0 Å². The molecule has 0 heterocycles. The Balaban J connectivity index is 1.29. The number of hydrogen-bond donors (Lipinski definition) is 4. The molecule has 0 aliphatic carbocycles. The smallest absolute Gasteiger partial charge is 0.258 e. The summed E-state index contributed by atoms with van der Waals surface area (Å²) in [6.45, 7) is 6.80. The number of benzene rings is 5. The molecular weight excluding hydrogens is 994 g/mol. The van der Waals surface area contributed by atoms with E-state index in [4.69, 9.17) is 67.5 Å². The summed E-state index contributed by atoms with van der Waals surface area (Å²) in [7, 11) is 0. The number of aryl methyl sites for hydroxylation is 1. The molecule has 0 fully saturated rings. The van der Waals surface area contributed by atoms with Gasteiger partial charge in [0.2, 0.25) is 12.1 Å². The van der Waals surface area contributed by atoms with E-state index in [1.807, 2.05) is 13.8 Å². The maximum absolute atomic E-state index is 13.6. The zero-order valence-electron chi connectivity index (χ0n) is 37.5. The fraction of sp³-hybridized carbons (Fsp3) is 0.250. The molecule has 5 aromatic rings. The maximum atomic E-state index is 13.6. The Bertz CT molecular complexity index is 2810. The van der Waals surface area contributed by atoms with Crippen LogP contribution in [0.2, 0.25) is 10.0 Å². The van der Waals surface area contributed by atoms with Gasteiger partial charge in [-0.25, -0.2) is 0 Å². The van der Waals surface area contributed by atoms with Crippen molar-refractivity contribution >= 4 is 127 Å². The summed E-state index contributed by atoms with van der Waals surface area (Å²) in [5, 5.41) is 26.8. The number of carbonyl (C=O) groups is 6. The van der Waals surface area contributed by atoms with Crippen LogP contribution in [0.1, 0.15) is 65.1 Å². The zero-order valence-corrected chi connectivity index (χ0v) is 41.3. The Morgan fingerprint density at radius 1 is 0.551 bits per heavy atom. The summed E-state index contributed by atoms with van der Waals surface area (Å²) in [5.74, 6) is -2.78. The molecule has 0 spiro atoms. The summed E-state index contributed by atoms with van der Waals surface area (Å²) in [6.07, 6.45) is 0.198. The van der Waals surface area contributed by atoms with Gasteiger partial charge in [-0.1, -0.05) is 47.5 Å². The number of Topliss-reactive ketones (excluding diaryl/α,β-unsaturated/α-hetero) is 2. The molecule has 4 N–H and O–H groups in total. The van der Waals surface area contributed by atoms with E-state index in [0.29, 0.717) is 52.8 Å². The van der Waals surface area contributed by atoms with Crippen molar-refractivity contribution in [3.05, 3.63) is 129 Å². The highest BCUT2D eigenvalue weighted by molar-refractivity contribution is 6.37. The fourth-order valence-corrected chi connectivity index (χ4v) is 7.57. The van der Waals surface area contributed by atoms with Crippen molar-refractivity contribution in [3.8, 4) is 11.5 Å². The van der Waals surface area contributed by atoms with Crippen molar-refractivity contribution in [1.82, 2.24) is 0 Å². The van der Waals surface area contributed by atoms with Crippen molar-refractivity contribution in [1.29, 1.82) is 0 Å². The van der Waals surface area contributed by atoms with Crippen LogP contribution in [0.15, 0.2) is 111 Å². The molecule has 21 heteroatoms. The van der Waals surface area contributed by atoms with Gasteiger partial charge in [-0.05, 0) is 105 Å². The molecule has 0 aliphatic heterocycles. The Morgan fingerprint density at radius 2 is 1.01 bits per heavy atom. The first-order chi connectivity index (χ1) is 33.1. The van der Waals surface area contributed by atoms with E-state index in [0.717, 1.165) is 13.8 Å². The molecule has 2 atom stereocenters. The summed E-state index contributed by atoms with van der Waals surface area (Å²) in [6, 6.07) is 20.3. The first-order valence-electron chi connectivity index (χ1n) is 21.1. The van der Waals surface area contributed by atoms with Gasteiger partial charge in [0.25, 0.3) is 23.6 Å². The number of nitrogens with one attached hydrogen (secondary N) is 4. The first kappa shape index (κ1) is 53.5. The Morgan fingerprint density at radius 3 is 1.43 bits per heavy atom. The molecule has 2 unspecified atom stereocenters. The van der Waals surface area contributed by atoms with Gasteiger partial charge >= 0.3 is 0 Å². The molecule has 16 nitrogen and oxygen atoms in total. The van der Waals surface area contributed by atoms with Crippen LogP contribution in [0.25, 0.3) is 0 Å². The minimum Gasteiger partial charge on any atom is -0.494 e. The minimum absolute atomic E-state index is 0.0108. The van der Waals surface area contributed by atoms with Gasteiger partial charge in [-0.3, -0.25) is 28.8 Å². The molecular formula is C48H45Cl5N8O8. The lowest BCUT2D eigenvalue weighted by atomic mass is 10.1. The van der Waals surface area contributed by atoms with Gasteiger partial charge in [0, 0.05) is 52.5 Å². The lowest BCUT2D eigenvalue weighted by Gasteiger charge is -2.16. The lowest BCUT2D eigenvalue weighted by molar-refractivity contribution is -0.127. The molecule has 0 aromatic heterocycles. The topological polar surface area (TPSA) is 218 Å². The van der Waals surface area contributed by atoms with E-state index in [1.165, 1.54) is 54.6 Å². The van der Waals surface area contributed by atoms with Crippen molar-refractivity contribution < 1.29 is 38.2 Å². The van der Waals surface area contributed by atoms with Crippen LogP contribution in [-0.2, 0) is 37.4 Å². The maximum Gasteiger partial charge on any atom is 0.258 e. The van der Waals surface area contributed by atoms with Gasteiger partial charge in [0.15, 0.2) is 11.6 Å². The Hall–Kier alpha value is -6.43. The van der Waals surface area contributed by atoms with Gasteiger partial charge in [-0.15, -0.1) is 34.8 Å². The highest BCUT2D eigenvalue weighted by atomic mass is 35.5. The predicted octanol–water partition coefficient (Wildman–Crippen LogP) is 11.9. The molecule has 0 bridgehead atoms. The third kappa shape index (κ3) is 14.3. The summed E-state index contributed by atoms with van der Waals surface area (Å²) in [5.41, 5.74) is 3.12. The van der Waals surface area contributed by atoms with E-state index >= 15 is 0 Å². The quantitative estimate of drug-likeness (QED) is 0.0296. The summed E-state index contributed by atoms with van der Waals surface area (Å²) < 4.78 is 11.1. The van der Waals surface area contributed by atoms with Gasteiger partial charge in [0.1, 0.15) is 22.9 Å². The van der Waals surface area contributed by atoms with Gasteiger partial charge in [0.05, 0.1) is 34.4 Å². The predicted molar refractivity (Wildman–Crippen MR) is 269 cm³/mol. The number of ketones is 2. The second-order valence-electron chi connectivity index (χ2n) is 14.7. The standard InChI is InChI=1S/C48H45Cl5N8O8/c1-5-68-32-16-13-29(24-50)39(22-32)56-45(64)34-9-7-11-37(41(34)52)58-60-43(26(3)62)47(66)54-31-15-18-36(28(21-31)19-20-49)55-48(67)44(27(4)63)61-59-38-12-8-10-35(42(38)53)46(65)57-40-23-33(69-6-2)17-14-30(40)25-51/h7-18,21-23,43-44H,5-6,19-20,24-25H2,1-4H3,(H,54,66)(H,55,67)(H,56,64)(H,57,65). The molecule has 5 aromatic carbocycles. The largest absolute Gasteiger partial charge is 0.494 e. The molecule has 0 aliphatic rings. The molecule has 360 valence electrons. The van der Waals surface area contributed by atoms with Crippen LogP contribution in [0.5, 0.6) is 11.5 Å². The minimum atomic E-state index is -1.64. The van der Waals surface area contributed by atoms with Crippen LogP contribution < -0.4 is 30.7 Å². The summed E-state index contributed by atoms with van der Waals surface area (Å²) >= 11 is 31.5. The van der Waals surface area contributed by atoms with E-state index in [9.17, 15) is 28.8 Å². The number of amides is 4. The normalized spacial score (nSPS) is 12.0. The number of nitrogens with zero attached hydrogens (tertiary/aromatic N) is 4. The number of halogens is 5. The first-order valence-corrected chi connectivity index (χ1v) is 23.4. The van der Waals surface area contributed by atoms with Gasteiger partial charge < -0.3 is 30.7 Å². The number of anilines is 4. The van der Waals surface area contributed by atoms with Crippen molar-refractivity contribution in [2.45, 2.75) is 58.0 Å². The second kappa shape index (κ2) is 25.8. The average Bonchev–Trinajstić information content (AvgIpc) is 3.31. The fourth-order valence-electron chi connectivity index (χ4n) is 6.40. The van der Waals surface area contributed by atoms with Crippen molar-refractivity contribution in [2.75, 3.05) is 40.4 Å². The number of azo groups is 2. The van der Waals surface area contributed by atoms with Crippen LogP contribution in [0.3, 0.4) is 0 Å². The number of rotatable bonds is 22. The number of alkyl halides is 3. The van der Waals surface area contributed by atoms with Crippen LogP contribution in [0, 0.1) is 0 Å². The molecule has 5 rings (SSSR count). The Labute approximate surface area is 422 Å². The molecule has 0 radical (unpaired) electrons. The SMILES string of the molecule is CCOc1ccc(CCl)c(NC(=O)c2cccc(N=NC(C(C)=O)C(=O)Nc3ccc(NC(=O)C(N=Nc4cccc(C(=O)Nc5cc(OCC)ccc5CCl)c4Cl)C(C)=O)c(CCCl)c3)c2Cl)c1. The van der Waals surface area contributed by atoms with Crippen molar-refractivity contribution in [2.24, 2.45) is 20.5 Å². The van der Waals surface area contributed by atoms with Crippen LogP contribution in [-0.4, -0.2) is 66.4 Å². The number of ether oxygens (including phenoxy) is 2. The third-order valence-electron chi connectivity index (χ3n) is 9.84. The second-order valence-corrected chi connectivity index (χ2v) is 16.4. The Kier molecular flexibility index (Phi) is 20.0. The average molecular weight is 1040 g/mol. The lowest BCUT2D eigenvalue weighted by Crippen LogP contribution is -2.32. The van der Waals surface area contributed by atoms with Crippen LogP contribution >= 0.6 is 58.0 Å². The van der Waals surface area contributed by atoms with Gasteiger partial charge in [-0.2, -0.15) is 20.5 Å². The van der Waals surface area contributed by atoms with E-state index in [1.54, 1.807) is 36.4 Å². The number of hydrogen-bond acceptors (Lipinski definition) is 12. The highest BCUT2D eigenvalue weighted by Gasteiger charge is 2.27. The van der Waals surface area contributed by atoms with Crippen LogP contribution in [0.4, 0.5) is 34.1 Å². The molecule has 69 heavy (non-hydrogen) atoms.